The van der Waals surface area contributed by atoms with E-state index in [1.54, 1.807) is 20.0 Å². The van der Waals surface area contributed by atoms with Gasteiger partial charge in [0.15, 0.2) is 0 Å². The van der Waals surface area contributed by atoms with Crippen molar-refractivity contribution in [3.8, 4) is 0 Å². The molecule has 0 saturated heterocycles. The van der Waals surface area contributed by atoms with Gasteiger partial charge in [0.1, 0.15) is 18.1 Å². The summed E-state index contributed by atoms with van der Waals surface area (Å²) in [7, 11) is 0. The van der Waals surface area contributed by atoms with Crippen molar-refractivity contribution in [3.05, 3.63) is 36.0 Å². The molecule has 39 heavy (non-hydrogen) atoms. The number of carboxylic acid groups (broad SMARTS) is 1. The number of hydrogen-bond acceptors (Lipinski definition) is 6. The lowest BCUT2D eigenvalue weighted by Crippen LogP contribution is -2.58. The number of aromatic nitrogens is 1. The topological polar surface area (TPSA) is 209 Å². The van der Waals surface area contributed by atoms with Crippen molar-refractivity contribution >= 4 is 40.5 Å². The number of aliphatic carboxylic acids is 1. The number of hydrogen-bond donors (Lipinski definition) is 7. The van der Waals surface area contributed by atoms with E-state index in [1.807, 2.05) is 38.1 Å². The smallest absolute Gasteiger partial charge is 0.326 e. The lowest BCUT2D eigenvalue weighted by Gasteiger charge is -2.27. The van der Waals surface area contributed by atoms with Crippen molar-refractivity contribution in [1.29, 1.82) is 0 Å². The van der Waals surface area contributed by atoms with Gasteiger partial charge in [-0.3, -0.25) is 19.2 Å². The van der Waals surface area contributed by atoms with Gasteiger partial charge in [0, 0.05) is 23.5 Å². The minimum Gasteiger partial charge on any atom is -0.480 e. The summed E-state index contributed by atoms with van der Waals surface area (Å²) in [4.78, 5) is 65.3. The monoisotopic (exact) mass is 544 g/mol. The fourth-order valence-corrected chi connectivity index (χ4v) is 4.21. The van der Waals surface area contributed by atoms with Crippen molar-refractivity contribution in [2.45, 2.75) is 77.5 Å². The first-order valence-corrected chi connectivity index (χ1v) is 13.0. The summed E-state index contributed by atoms with van der Waals surface area (Å²) in [6.07, 6.45) is 1.88. The lowest BCUT2D eigenvalue weighted by molar-refractivity contribution is -0.143. The largest absolute Gasteiger partial charge is 0.480 e. The number of fused-ring (bicyclic) bond motifs is 1. The molecule has 0 saturated carbocycles. The lowest BCUT2D eigenvalue weighted by atomic mass is 9.99. The predicted octanol–water partition coefficient (Wildman–Crippen LogP) is 0.544. The van der Waals surface area contributed by atoms with E-state index in [4.69, 9.17) is 11.5 Å². The molecular weight excluding hydrogens is 504 g/mol. The van der Waals surface area contributed by atoms with Gasteiger partial charge in [-0.15, -0.1) is 0 Å². The fraction of sp³-hybridized carbons (Fsp3) is 0.519. The molecule has 12 heteroatoms. The number of amides is 4. The van der Waals surface area contributed by atoms with Crippen LogP contribution in [0, 0.1) is 11.8 Å². The Morgan fingerprint density at radius 2 is 1.56 bits per heavy atom. The summed E-state index contributed by atoms with van der Waals surface area (Å²) in [6, 6.07) is 3.16. The van der Waals surface area contributed by atoms with Crippen LogP contribution in [0.1, 0.15) is 52.5 Å². The zero-order chi connectivity index (χ0) is 29.3. The maximum atomic E-state index is 13.2. The highest BCUT2D eigenvalue weighted by Gasteiger charge is 2.32. The Kier molecular flexibility index (Phi) is 11.5. The molecule has 1 heterocycles. The van der Waals surface area contributed by atoms with E-state index in [-0.39, 0.29) is 31.6 Å². The molecule has 0 spiro atoms. The molecule has 2 rings (SSSR count). The molecule has 214 valence electrons. The van der Waals surface area contributed by atoms with E-state index in [0.717, 1.165) is 16.5 Å². The Labute approximate surface area is 227 Å². The number of rotatable bonds is 15. The standard InChI is InChI=1S/C27H40N6O6/c1-14(2)11-21(27(38)39)32-26(37)23(15(3)4)33-25(36)20(9-10-22(29)34)31-24(35)18(28)12-16-13-30-19-8-6-5-7-17(16)19/h5-8,13-15,18,20-21,23,30H,9-12,28H2,1-4H3,(H2,29,34)(H,31,35)(H,32,37)(H,33,36)(H,38,39). The third-order valence-electron chi connectivity index (χ3n) is 6.33. The highest BCUT2D eigenvalue weighted by molar-refractivity contribution is 5.94. The highest BCUT2D eigenvalue weighted by atomic mass is 16.4. The summed E-state index contributed by atoms with van der Waals surface area (Å²) < 4.78 is 0. The van der Waals surface area contributed by atoms with Crippen LogP contribution in [-0.4, -0.2) is 63.9 Å². The average Bonchev–Trinajstić information content (AvgIpc) is 3.26. The SMILES string of the molecule is CC(C)CC(NC(=O)C(NC(=O)C(CCC(N)=O)NC(=O)C(N)Cc1c[nH]c2ccccc12)C(C)C)C(=O)O. The first-order chi connectivity index (χ1) is 18.3. The minimum absolute atomic E-state index is 0.0142. The number of benzene rings is 1. The van der Waals surface area contributed by atoms with E-state index < -0.39 is 59.7 Å². The summed E-state index contributed by atoms with van der Waals surface area (Å²) in [5.41, 5.74) is 13.1. The number of para-hydroxylation sites is 1. The second kappa shape index (κ2) is 14.3. The number of carboxylic acids is 1. The molecule has 9 N–H and O–H groups in total. The zero-order valence-electron chi connectivity index (χ0n) is 22.8. The normalized spacial score (nSPS) is 14.4. The van der Waals surface area contributed by atoms with Crippen LogP contribution in [0.5, 0.6) is 0 Å². The third kappa shape index (κ3) is 9.40. The number of carbonyl (C=O) groups is 5. The summed E-state index contributed by atoms with van der Waals surface area (Å²) in [5, 5.41) is 18.1. The Bertz CT molecular complexity index is 1180. The molecule has 0 fully saturated rings. The highest BCUT2D eigenvalue weighted by Crippen LogP contribution is 2.19. The van der Waals surface area contributed by atoms with Crippen LogP contribution in [0.2, 0.25) is 0 Å². The molecule has 1 aromatic carbocycles. The van der Waals surface area contributed by atoms with Crippen LogP contribution in [0.15, 0.2) is 30.5 Å². The maximum absolute atomic E-state index is 13.2. The van der Waals surface area contributed by atoms with E-state index >= 15 is 0 Å². The van der Waals surface area contributed by atoms with Gasteiger partial charge in [-0.05, 0) is 42.7 Å². The minimum atomic E-state index is -1.20. The first kappa shape index (κ1) is 31.3. The van der Waals surface area contributed by atoms with E-state index in [0.29, 0.717) is 0 Å². The number of H-pyrrole nitrogens is 1. The Morgan fingerprint density at radius 1 is 0.923 bits per heavy atom. The molecular formula is C27H40N6O6. The molecule has 4 amide bonds. The number of nitrogens with one attached hydrogen (secondary N) is 4. The Hall–Kier alpha value is -3.93. The molecule has 0 aliphatic rings. The predicted molar refractivity (Wildman–Crippen MR) is 146 cm³/mol. The number of primary amides is 1. The first-order valence-electron chi connectivity index (χ1n) is 13.0. The van der Waals surface area contributed by atoms with Gasteiger partial charge >= 0.3 is 5.97 Å². The molecule has 1 aromatic heterocycles. The van der Waals surface area contributed by atoms with E-state index in [9.17, 15) is 29.1 Å². The molecule has 0 bridgehead atoms. The van der Waals surface area contributed by atoms with Crippen molar-refractivity contribution in [2.75, 3.05) is 0 Å². The van der Waals surface area contributed by atoms with Crippen LogP contribution in [0.4, 0.5) is 0 Å². The van der Waals surface area contributed by atoms with Gasteiger partial charge in [-0.25, -0.2) is 4.79 Å². The summed E-state index contributed by atoms with van der Waals surface area (Å²) in [6.45, 7) is 7.05. The zero-order valence-corrected chi connectivity index (χ0v) is 22.8. The van der Waals surface area contributed by atoms with Gasteiger partial charge in [0.25, 0.3) is 0 Å². The van der Waals surface area contributed by atoms with E-state index in [1.165, 1.54) is 0 Å². The molecule has 2 aromatic rings. The van der Waals surface area contributed by atoms with Gasteiger partial charge in [0.05, 0.1) is 6.04 Å². The van der Waals surface area contributed by atoms with Gasteiger partial charge in [-0.1, -0.05) is 45.9 Å². The fourth-order valence-electron chi connectivity index (χ4n) is 4.21. The Balaban J connectivity index is 2.13. The number of aromatic amines is 1. The second-order valence-corrected chi connectivity index (χ2v) is 10.5. The summed E-state index contributed by atoms with van der Waals surface area (Å²) in [5.74, 6) is -4.23. The van der Waals surface area contributed by atoms with Crippen LogP contribution >= 0.6 is 0 Å². The van der Waals surface area contributed by atoms with Crippen molar-refractivity contribution in [3.63, 3.8) is 0 Å². The maximum Gasteiger partial charge on any atom is 0.326 e. The number of carbonyl (C=O) groups excluding carboxylic acids is 4. The second-order valence-electron chi connectivity index (χ2n) is 10.5. The van der Waals surface area contributed by atoms with Crippen LogP contribution in [0.25, 0.3) is 10.9 Å². The molecule has 0 aliphatic carbocycles. The number of nitrogens with two attached hydrogens (primary N) is 2. The molecule has 0 aliphatic heterocycles. The van der Waals surface area contributed by atoms with Gasteiger partial charge < -0.3 is 37.5 Å². The van der Waals surface area contributed by atoms with Crippen molar-refractivity contribution in [1.82, 2.24) is 20.9 Å². The molecule has 0 radical (unpaired) electrons. The molecule has 4 atom stereocenters. The van der Waals surface area contributed by atoms with Crippen molar-refractivity contribution < 1.29 is 29.1 Å². The van der Waals surface area contributed by atoms with E-state index in [2.05, 4.69) is 20.9 Å². The van der Waals surface area contributed by atoms with Crippen molar-refractivity contribution in [2.24, 2.45) is 23.3 Å². The Morgan fingerprint density at radius 3 is 2.15 bits per heavy atom. The van der Waals surface area contributed by atoms with Crippen LogP contribution in [-0.2, 0) is 30.4 Å². The van der Waals surface area contributed by atoms with Gasteiger partial charge in [0.2, 0.25) is 23.6 Å². The van der Waals surface area contributed by atoms with Crippen LogP contribution < -0.4 is 27.4 Å². The molecule has 12 nitrogen and oxygen atoms in total. The van der Waals surface area contributed by atoms with Gasteiger partial charge in [-0.2, -0.15) is 0 Å². The average molecular weight is 545 g/mol. The third-order valence-corrected chi connectivity index (χ3v) is 6.33. The summed E-state index contributed by atoms with van der Waals surface area (Å²) >= 11 is 0. The quantitative estimate of drug-likeness (QED) is 0.169. The van der Waals surface area contributed by atoms with Crippen LogP contribution in [0.3, 0.4) is 0 Å². The molecule has 4 unspecified atom stereocenters.